The quantitative estimate of drug-likeness (QED) is 0.906. The maximum Gasteiger partial charge on any atom is 0.402 e. The molecule has 0 spiro atoms. The van der Waals surface area contributed by atoms with Crippen molar-refractivity contribution in [2.45, 2.75) is 25.9 Å². The van der Waals surface area contributed by atoms with Crippen LogP contribution in [0.15, 0.2) is 6.07 Å². The first kappa shape index (κ1) is 14.0. The number of aromatic nitrogens is 2. The zero-order chi connectivity index (χ0) is 14.3. The predicted octanol–water partition coefficient (Wildman–Crippen LogP) is 1.38. The first-order valence-corrected chi connectivity index (χ1v) is 6.06. The molecule has 4 nitrogen and oxygen atoms in total. The highest BCUT2D eigenvalue weighted by atomic mass is 19.4. The van der Waals surface area contributed by atoms with Crippen molar-refractivity contribution in [1.29, 1.82) is 0 Å². The van der Waals surface area contributed by atoms with Crippen LogP contribution in [-0.4, -0.2) is 34.8 Å². The van der Waals surface area contributed by atoms with Gasteiger partial charge < -0.3 is 5.32 Å². The second-order valence-electron chi connectivity index (χ2n) is 5.01. The molecule has 1 unspecified atom stereocenters. The van der Waals surface area contributed by atoms with Crippen molar-refractivity contribution < 1.29 is 18.0 Å². The van der Waals surface area contributed by atoms with Crippen molar-refractivity contribution in [2.75, 3.05) is 13.1 Å². The lowest BCUT2D eigenvalue weighted by Gasteiger charge is -2.29. The molecule has 7 heteroatoms. The molecular formula is C12H16F3N3O. The first-order chi connectivity index (χ1) is 8.76. The normalized spacial score (nSPS) is 23.8. The summed E-state index contributed by atoms with van der Waals surface area (Å²) in [7, 11) is 1.63. The largest absolute Gasteiger partial charge is 0.402 e. The summed E-state index contributed by atoms with van der Waals surface area (Å²) in [6, 6.07) is 1.64. The Morgan fingerprint density at radius 2 is 2.26 bits per heavy atom. The third-order valence-corrected chi connectivity index (χ3v) is 3.67. The van der Waals surface area contributed by atoms with Gasteiger partial charge in [0.2, 0.25) is 0 Å². The van der Waals surface area contributed by atoms with Gasteiger partial charge in [0.25, 0.3) is 0 Å². The lowest BCUT2D eigenvalue weighted by Crippen LogP contribution is -2.47. The van der Waals surface area contributed by atoms with Crippen molar-refractivity contribution >= 4 is 5.78 Å². The van der Waals surface area contributed by atoms with E-state index in [-0.39, 0.29) is 25.9 Å². The van der Waals surface area contributed by atoms with Gasteiger partial charge in [0.05, 0.1) is 5.69 Å². The molecule has 1 N–H and O–H groups in total. The Bertz CT molecular complexity index is 487. The molecule has 19 heavy (non-hydrogen) atoms. The van der Waals surface area contributed by atoms with E-state index in [4.69, 9.17) is 0 Å². The molecule has 1 saturated heterocycles. The number of nitrogens with zero attached hydrogens (tertiary/aromatic N) is 2. The van der Waals surface area contributed by atoms with E-state index in [2.05, 4.69) is 10.4 Å². The molecule has 1 aromatic heterocycles. The van der Waals surface area contributed by atoms with Gasteiger partial charge in [-0.15, -0.1) is 0 Å². The number of hydrogen-bond donors (Lipinski definition) is 1. The zero-order valence-electron chi connectivity index (χ0n) is 10.8. The van der Waals surface area contributed by atoms with Crippen LogP contribution in [0.1, 0.15) is 17.8 Å². The number of halogens is 3. The third-order valence-electron chi connectivity index (χ3n) is 3.67. The molecule has 0 amide bonds. The van der Waals surface area contributed by atoms with Gasteiger partial charge in [-0.3, -0.25) is 9.48 Å². The van der Waals surface area contributed by atoms with Gasteiger partial charge in [0.15, 0.2) is 5.78 Å². The van der Waals surface area contributed by atoms with E-state index in [0.717, 1.165) is 0 Å². The molecule has 0 aromatic carbocycles. The second kappa shape index (κ2) is 4.63. The molecule has 0 radical (unpaired) electrons. The highest BCUT2D eigenvalue weighted by Crippen LogP contribution is 2.44. The van der Waals surface area contributed by atoms with Crippen LogP contribution in [0, 0.1) is 12.3 Å². The number of nitrogens with one attached hydrogen (secondary N) is 1. The minimum Gasteiger partial charge on any atom is -0.315 e. The van der Waals surface area contributed by atoms with E-state index >= 15 is 0 Å². The fourth-order valence-corrected chi connectivity index (χ4v) is 2.49. The molecule has 0 aliphatic carbocycles. The topological polar surface area (TPSA) is 46.9 Å². The molecule has 2 rings (SSSR count). The van der Waals surface area contributed by atoms with Crippen molar-refractivity contribution in [2.24, 2.45) is 12.5 Å². The number of aryl methyl sites for hydroxylation is 2. The van der Waals surface area contributed by atoms with Gasteiger partial charge in [0, 0.05) is 25.7 Å². The highest BCUT2D eigenvalue weighted by molar-refractivity contribution is 5.88. The molecule has 1 aliphatic rings. The maximum atomic E-state index is 13.2. The molecule has 0 saturated carbocycles. The maximum absolute atomic E-state index is 13.2. The summed E-state index contributed by atoms with van der Waals surface area (Å²) in [6.07, 6.45) is -4.94. The standard InChI is InChI=1S/C12H16F3N3O/c1-8-5-9(18(2)17-8)6-10(19)11(12(13,14)15)3-4-16-7-11/h5,16H,3-4,6-7H2,1-2H3. The highest BCUT2D eigenvalue weighted by Gasteiger charge is 2.60. The fraction of sp³-hybridized carbons (Fsp3) is 0.667. The first-order valence-electron chi connectivity index (χ1n) is 6.06. The summed E-state index contributed by atoms with van der Waals surface area (Å²) in [5.41, 5.74) is -1.04. The lowest BCUT2D eigenvalue weighted by molar-refractivity contribution is -0.214. The SMILES string of the molecule is Cc1cc(CC(=O)C2(C(F)(F)F)CCNC2)n(C)n1. The minimum absolute atomic E-state index is 0.188. The summed E-state index contributed by atoms with van der Waals surface area (Å²) in [4.78, 5) is 12.1. The van der Waals surface area contributed by atoms with Gasteiger partial charge in [-0.05, 0) is 26.0 Å². The predicted molar refractivity (Wildman–Crippen MR) is 62.6 cm³/mol. The van der Waals surface area contributed by atoms with Crippen molar-refractivity contribution in [3.8, 4) is 0 Å². The van der Waals surface area contributed by atoms with Crippen LogP contribution in [-0.2, 0) is 18.3 Å². The Labute approximate surface area is 109 Å². The molecule has 1 fully saturated rings. The number of rotatable bonds is 3. The summed E-state index contributed by atoms with van der Waals surface area (Å²) in [5.74, 6) is -0.784. The number of carbonyl (C=O) groups excluding carboxylic acids is 1. The number of alkyl halides is 3. The van der Waals surface area contributed by atoms with Crippen molar-refractivity contribution in [3.05, 3.63) is 17.5 Å². The van der Waals surface area contributed by atoms with E-state index in [1.807, 2.05) is 0 Å². The van der Waals surface area contributed by atoms with Gasteiger partial charge in [-0.25, -0.2) is 0 Å². The Kier molecular flexibility index (Phi) is 3.42. The van der Waals surface area contributed by atoms with Crippen LogP contribution >= 0.6 is 0 Å². The average Bonchev–Trinajstić information content (AvgIpc) is 2.86. The molecule has 106 valence electrons. The zero-order valence-corrected chi connectivity index (χ0v) is 10.8. The third kappa shape index (κ3) is 2.39. The smallest absolute Gasteiger partial charge is 0.315 e. The summed E-state index contributed by atoms with van der Waals surface area (Å²) in [5, 5.41) is 6.69. The number of hydrogen-bond acceptors (Lipinski definition) is 3. The average molecular weight is 275 g/mol. The van der Waals surface area contributed by atoms with Crippen LogP contribution in [0.25, 0.3) is 0 Å². The minimum atomic E-state index is -4.51. The summed E-state index contributed by atoms with van der Waals surface area (Å²) < 4.78 is 41.0. The van der Waals surface area contributed by atoms with Crippen LogP contribution in [0.3, 0.4) is 0 Å². The number of ketones is 1. The van der Waals surface area contributed by atoms with E-state index in [1.165, 1.54) is 4.68 Å². The van der Waals surface area contributed by atoms with E-state index in [9.17, 15) is 18.0 Å². The summed E-state index contributed by atoms with van der Waals surface area (Å²) in [6.45, 7) is 1.63. The van der Waals surface area contributed by atoms with Gasteiger partial charge in [-0.2, -0.15) is 18.3 Å². The van der Waals surface area contributed by atoms with Crippen LogP contribution < -0.4 is 5.32 Å². The number of carbonyl (C=O) groups is 1. The lowest BCUT2D eigenvalue weighted by atomic mass is 9.80. The molecular weight excluding hydrogens is 259 g/mol. The number of Topliss-reactive ketones (excluding diaryl/α,β-unsaturated/α-hetero) is 1. The molecule has 0 bridgehead atoms. The van der Waals surface area contributed by atoms with E-state index < -0.39 is 17.4 Å². The Hall–Kier alpha value is -1.37. The molecule has 1 atom stereocenters. The van der Waals surface area contributed by atoms with Gasteiger partial charge in [-0.1, -0.05) is 0 Å². The summed E-state index contributed by atoms with van der Waals surface area (Å²) >= 11 is 0. The molecule has 1 aromatic rings. The van der Waals surface area contributed by atoms with Crippen molar-refractivity contribution in [1.82, 2.24) is 15.1 Å². The molecule has 2 heterocycles. The van der Waals surface area contributed by atoms with Crippen LogP contribution in [0.5, 0.6) is 0 Å². The van der Waals surface area contributed by atoms with Gasteiger partial charge in [0.1, 0.15) is 5.41 Å². The van der Waals surface area contributed by atoms with Crippen molar-refractivity contribution in [3.63, 3.8) is 0 Å². The van der Waals surface area contributed by atoms with Crippen LogP contribution in [0.2, 0.25) is 0 Å². The van der Waals surface area contributed by atoms with E-state index in [1.54, 1.807) is 20.0 Å². The Morgan fingerprint density at radius 1 is 1.58 bits per heavy atom. The Balaban J connectivity index is 2.25. The molecule has 1 aliphatic heterocycles. The second-order valence-corrected chi connectivity index (χ2v) is 5.01. The monoisotopic (exact) mass is 275 g/mol. The fourth-order valence-electron chi connectivity index (χ4n) is 2.49. The van der Waals surface area contributed by atoms with Crippen LogP contribution in [0.4, 0.5) is 13.2 Å². The van der Waals surface area contributed by atoms with E-state index in [0.29, 0.717) is 11.4 Å². The Morgan fingerprint density at radius 3 is 2.68 bits per heavy atom. The van der Waals surface area contributed by atoms with Gasteiger partial charge >= 0.3 is 6.18 Å².